The molecule has 3 rings (SSSR count). The number of anilines is 1. The van der Waals surface area contributed by atoms with Gasteiger partial charge in [0, 0.05) is 25.5 Å². The van der Waals surface area contributed by atoms with E-state index in [0.717, 1.165) is 5.56 Å². The number of para-hydroxylation sites is 1. The van der Waals surface area contributed by atoms with Crippen molar-refractivity contribution in [3.8, 4) is 0 Å². The lowest BCUT2D eigenvalue weighted by molar-refractivity contribution is -0.130. The van der Waals surface area contributed by atoms with Gasteiger partial charge >= 0.3 is 0 Å². The summed E-state index contributed by atoms with van der Waals surface area (Å²) in [5, 5.41) is 0. The third-order valence-corrected chi connectivity index (χ3v) is 4.87. The van der Waals surface area contributed by atoms with Gasteiger partial charge in [-0.15, -0.1) is 0 Å². The Morgan fingerprint density at radius 3 is 2.36 bits per heavy atom. The maximum atomic E-state index is 12.9. The first kappa shape index (κ1) is 17.1. The topological polar surface area (TPSA) is 54.5 Å². The number of aryl methyl sites for hydroxylation is 1. The SMILES string of the molecule is CN1C(=O)C(C)(CC(=O)CCc2ccccc2)C(=O)c2ccccc21. The van der Waals surface area contributed by atoms with Gasteiger partial charge in [0.1, 0.15) is 11.2 Å². The van der Waals surface area contributed by atoms with Crippen LogP contribution in [0.1, 0.15) is 35.7 Å². The van der Waals surface area contributed by atoms with E-state index in [0.29, 0.717) is 24.1 Å². The summed E-state index contributed by atoms with van der Waals surface area (Å²) < 4.78 is 0. The number of carbonyl (C=O) groups excluding carboxylic acids is 3. The number of rotatable bonds is 5. The Labute approximate surface area is 147 Å². The van der Waals surface area contributed by atoms with Crippen LogP contribution in [0.3, 0.4) is 0 Å². The first-order chi connectivity index (χ1) is 11.9. The van der Waals surface area contributed by atoms with Crippen molar-refractivity contribution in [1.82, 2.24) is 0 Å². The van der Waals surface area contributed by atoms with E-state index in [1.165, 1.54) is 4.90 Å². The molecule has 1 aliphatic rings. The Bertz CT molecular complexity index is 828. The predicted molar refractivity (Wildman–Crippen MR) is 96.7 cm³/mol. The Balaban J connectivity index is 1.78. The number of ketones is 2. The highest BCUT2D eigenvalue weighted by molar-refractivity contribution is 6.25. The number of hydrogen-bond donors (Lipinski definition) is 0. The van der Waals surface area contributed by atoms with Crippen LogP contribution in [0.15, 0.2) is 54.6 Å². The molecule has 0 spiro atoms. The molecule has 1 heterocycles. The van der Waals surface area contributed by atoms with Crippen molar-refractivity contribution >= 4 is 23.2 Å². The van der Waals surface area contributed by atoms with Gasteiger partial charge in [-0.3, -0.25) is 14.4 Å². The zero-order valence-electron chi connectivity index (χ0n) is 14.5. The molecule has 0 N–H and O–H groups in total. The molecule has 1 atom stereocenters. The van der Waals surface area contributed by atoms with Gasteiger partial charge in [-0.05, 0) is 31.0 Å². The number of hydrogen-bond acceptors (Lipinski definition) is 3. The van der Waals surface area contributed by atoms with E-state index in [1.54, 1.807) is 38.2 Å². The van der Waals surface area contributed by atoms with E-state index in [4.69, 9.17) is 0 Å². The fourth-order valence-electron chi connectivity index (χ4n) is 3.40. The Morgan fingerprint density at radius 2 is 1.64 bits per heavy atom. The molecule has 0 aliphatic carbocycles. The van der Waals surface area contributed by atoms with Gasteiger partial charge in [-0.25, -0.2) is 0 Å². The molecule has 1 unspecified atom stereocenters. The van der Waals surface area contributed by atoms with E-state index < -0.39 is 5.41 Å². The summed E-state index contributed by atoms with van der Waals surface area (Å²) in [7, 11) is 1.65. The van der Waals surface area contributed by atoms with Crippen LogP contribution in [0.5, 0.6) is 0 Å². The zero-order chi connectivity index (χ0) is 18.0. The predicted octanol–water partition coefficient (Wildman–Crippen LogP) is 3.44. The molecular weight excluding hydrogens is 314 g/mol. The average molecular weight is 335 g/mol. The molecule has 4 heteroatoms. The highest BCUT2D eigenvalue weighted by Gasteiger charge is 2.49. The molecule has 0 saturated carbocycles. The highest BCUT2D eigenvalue weighted by atomic mass is 16.2. The minimum absolute atomic E-state index is 0.0594. The highest BCUT2D eigenvalue weighted by Crippen LogP contribution is 2.39. The zero-order valence-corrected chi connectivity index (χ0v) is 14.5. The normalized spacial score (nSPS) is 19.7. The van der Waals surface area contributed by atoms with Crippen molar-refractivity contribution < 1.29 is 14.4 Å². The number of Topliss-reactive ketones (excluding diaryl/α,β-unsaturated/α-hetero) is 2. The van der Waals surface area contributed by atoms with Crippen LogP contribution in [0.4, 0.5) is 5.69 Å². The van der Waals surface area contributed by atoms with Crippen LogP contribution in [0.25, 0.3) is 0 Å². The van der Waals surface area contributed by atoms with E-state index in [-0.39, 0.29) is 23.9 Å². The largest absolute Gasteiger partial charge is 0.314 e. The molecular formula is C21H21NO3. The van der Waals surface area contributed by atoms with Gasteiger partial charge in [0.2, 0.25) is 5.91 Å². The summed E-state index contributed by atoms with van der Waals surface area (Å²) in [5.74, 6) is -0.649. The van der Waals surface area contributed by atoms with E-state index in [2.05, 4.69) is 0 Å². The summed E-state index contributed by atoms with van der Waals surface area (Å²) >= 11 is 0. The molecule has 0 fully saturated rings. The summed E-state index contributed by atoms with van der Waals surface area (Å²) in [5.41, 5.74) is 0.857. The van der Waals surface area contributed by atoms with Gasteiger partial charge in [-0.1, -0.05) is 42.5 Å². The number of amides is 1. The van der Waals surface area contributed by atoms with Crippen LogP contribution in [-0.2, 0) is 16.0 Å². The van der Waals surface area contributed by atoms with Crippen LogP contribution in [-0.4, -0.2) is 24.5 Å². The Hall–Kier alpha value is -2.75. The smallest absolute Gasteiger partial charge is 0.240 e. The van der Waals surface area contributed by atoms with Crippen LogP contribution < -0.4 is 4.90 Å². The molecule has 25 heavy (non-hydrogen) atoms. The Morgan fingerprint density at radius 1 is 1.00 bits per heavy atom. The van der Waals surface area contributed by atoms with Crippen molar-refractivity contribution in [3.63, 3.8) is 0 Å². The van der Waals surface area contributed by atoms with Gasteiger partial charge in [0.25, 0.3) is 0 Å². The van der Waals surface area contributed by atoms with E-state index >= 15 is 0 Å². The molecule has 0 bridgehead atoms. The van der Waals surface area contributed by atoms with Crippen molar-refractivity contribution in [3.05, 3.63) is 65.7 Å². The summed E-state index contributed by atoms with van der Waals surface area (Å²) in [4.78, 5) is 39.7. The van der Waals surface area contributed by atoms with Crippen LogP contribution >= 0.6 is 0 Å². The quantitative estimate of drug-likeness (QED) is 0.787. The maximum absolute atomic E-state index is 12.9. The third-order valence-electron chi connectivity index (χ3n) is 4.87. The molecule has 0 saturated heterocycles. The fourth-order valence-corrected chi connectivity index (χ4v) is 3.40. The van der Waals surface area contributed by atoms with Crippen molar-refractivity contribution in [2.24, 2.45) is 5.41 Å². The number of carbonyl (C=O) groups is 3. The number of fused-ring (bicyclic) bond motifs is 1. The monoisotopic (exact) mass is 335 g/mol. The van der Waals surface area contributed by atoms with Gasteiger partial charge < -0.3 is 4.90 Å². The molecule has 0 radical (unpaired) electrons. The fraction of sp³-hybridized carbons (Fsp3) is 0.286. The van der Waals surface area contributed by atoms with Crippen LogP contribution in [0, 0.1) is 5.41 Å². The van der Waals surface area contributed by atoms with Crippen LogP contribution in [0.2, 0.25) is 0 Å². The first-order valence-corrected chi connectivity index (χ1v) is 8.41. The second kappa shape index (κ2) is 6.63. The first-order valence-electron chi connectivity index (χ1n) is 8.41. The number of nitrogens with zero attached hydrogens (tertiary/aromatic N) is 1. The van der Waals surface area contributed by atoms with Gasteiger partial charge in [-0.2, -0.15) is 0 Å². The standard InChI is InChI=1S/C21H21NO3/c1-21(14-16(23)13-12-15-8-4-3-5-9-15)19(24)17-10-6-7-11-18(17)22(2)20(21)25/h3-11H,12-14H2,1-2H3. The van der Waals surface area contributed by atoms with Gasteiger partial charge in [0.15, 0.2) is 5.78 Å². The van der Waals surface area contributed by atoms with Crippen molar-refractivity contribution in [1.29, 1.82) is 0 Å². The lowest BCUT2D eigenvalue weighted by atomic mass is 9.73. The van der Waals surface area contributed by atoms with E-state index in [1.807, 2.05) is 30.3 Å². The summed E-state index contributed by atoms with van der Waals surface area (Å²) in [6.45, 7) is 1.59. The maximum Gasteiger partial charge on any atom is 0.240 e. The third kappa shape index (κ3) is 3.12. The summed E-state index contributed by atoms with van der Waals surface area (Å²) in [6, 6.07) is 16.8. The molecule has 2 aromatic rings. The Kier molecular flexibility index (Phi) is 4.53. The lowest BCUT2D eigenvalue weighted by Crippen LogP contribution is -2.51. The minimum Gasteiger partial charge on any atom is -0.314 e. The lowest BCUT2D eigenvalue weighted by Gasteiger charge is -2.37. The van der Waals surface area contributed by atoms with Gasteiger partial charge in [0.05, 0.1) is 5.69 Å². The van der Waals surface area contributed by atoms with Crippen molar-refractivity contribution in [2.75, 3.05) is 11.9 Å². The average Bonchev–Trinajstić information content (AvgIpc) is 2.64. The number of benzene rings is 2. The molecule has 2 aromatic carbocycles. The molecule has 1 aliphatic heterocycles. The van der Waals surface area contributed by atoms with E-state index in [9.17, 15) is 14.4 Å². The second-order valence-electron chi connectivity index (χ2n) is 6.74. The minimum atomic E-state index is -1.32. The second-order valence-corrected chi connectivity index (χ2v) is 6.74. The molecule has 128 valence electrons. The molecule has 0 aromatic heterocycles. The summed E-state index contributed by atoms with van der Waals surface area (Å²) in [6.07, 6.45) is 0.881. The molecule has 4 nitrogen and oxygen atoms in total. The molecule has 1 amide bonds. The van der Waals surface area contributed by atoms with Crippen molar-refractivity contribution in [2.45, 2.75) is 26.2 Å².